The number of fused-ring (bicyclic) bond motifs is 3. The van der Waals surface area contributed by atoms with Crippen molar-refractivity contribution >= 4 is 34.2 Å². The van der Waals surface area contributed by atoms with Crippen LogP contribution in [-0.4, -0.2) is 45.9 Å². The first kappa shape index (κ1) is 21.2. The summed E-state index contributed by atoms with van der Waals surface area (Å²) in [5.41, 5.74) is -2.55. The van der Waals surface area contributed by atoms with E-state index in [1.807, 2.05) is 0 Å². The molecule has 0 unspecified atom stereocenters. The molecule has 3 heterocycles. The first-order valence-corrected chi connectivity index (χ1v) is 10.4. The molecule has 2 atom stereocenters. The van der Waals surface area contributed by atoms with Crippen LogP contribution in [0.1, 0.15) is 33.3 Å². The zero-order chi connectivity index (χ0) is 23.8. The van der Waals surface area contributed by atoms with Crippen molar-refractivity contribution in [2.75, 3.05) is 14.2 Å². The van der Waals surface area contributed by atoms with Crippen molar-refractivity contribution in [1.82, 2.24) is 14.5 Å². The van der Waals surface area contributed by atoms with Crippen LogP contribution in [-0.2, 0) is 13.5 Å². The third-order valence-electron chi connectivity index (χ3n) is 6.36. The predicted molar refractivity (Wildman–Crippen MR) is 117 cm³/mol. The maximum atomic E-state index is 13.8. The molecular weight excluding hydrogens is 454 g/mol. The number of rotatable bonds is 2. The molecule has 1 aliphatic carbocycles. The smallest absolute Gasteiger partial charge is 0.329 e. The zero-order valence-electron chi connectivity index (χ0n) is 18.1. The number of ketones is 2. The summed E-state index contributed by atoms with van der Waals surface area (Å²) < 4.78 is 17.9. The number of pyridine rings is 1. The molecule has 2 aliphatic rings. The van der Waals surface area contributed by atoms with Crippen LogP contribution >= 0.6 is 11.6 Å². The Balaban J connectivity index is 1.75. The number of hydrogen-bond donors (Lipinski definition) is 1. The summed E-state index contributed by atoms with van der Waals surface area (Å²) in [5, 5.41) is 0.0987. The van der Waals surface area contributed by atoms with Gasteiger partial charge in [0.2, 0.25) is 17.2 Å². The van der Waals surface area contributed by atoms with Crippen LogP contribution in [0.5, 0.6) is 17.2 Å². The number of aromatic amines is 1. The Morgan fingerprint density at radius 2 is 1.85 bits per heavy atom. The zero-order valence-corrected chi connectivity index (χ0v) is 18.8. The molecule has 2 aromatic heterocycles. The second-order valence-electron chi connectivity index (χ2n) is 8.07. The number of benzene rings is 1. The molecule has 1 spiro atoms. The Hall–Kier alpha value is -3.66. The molecule has 5 rings (SSSR count). The normalized spacial score (nSPS) is 21.2. The fraction of sp³-hybridized carbons (Fsp3) is 0.318. The van der Waals surface area contributed by atoms with Gasteiger partial charge in [-0.15, -0.1) is 0 Å². The highest BCUT2D eigenvalue weighted by atomic mass is 35.5. The average molecular weight is 472 g/mol. The molecule has 0 amide bonds. The highest BCUT2D eigenvalue weighted by molar-refractivity contribution is 6.36. The van der Waals surface area contributed by atoms with Gasteiger partial charge >= 0.3 is 5.69 Å². The van der Waals surface area contributed by atoms with E-state index in [-0.39, 0.29) is 50.9 Å². The summed E-state index contributed by atoms with van der Waals surface area (Å²) in [6.07, 6.45) is 0.189. The number of ether oxygens (including phenoxy) is 3. The maximum absolute atomic E-state index is 13.8. The molecule has 0 bridgehead atoms. The van der Waals surface area contributed by atoms with E-state index in [1.54, 1.807) is 6.92 Å². The number of carbonyl (C=O) groups excluding carboxylic acids is 2. The van der Waals surface area contributed by atoms with Crippen molar-refractivity contribution < 1.29 is 23.8 Å². The van der Waals surface area contributed by atoms with Crippen LogP contribution in [0.3, 0.4) is 0 Å². The van der Waals surface area contributed by atoms with Crippen molar-refractivity contribution in [3.8, 4) is 17.2 Å². The number of carbonyl (C=O) groups is 2. The topological polar surface area (TPSA) is 130 Å². The van der Waals surface area contributed by atoms with E-state index in [2.05, 4.69) is 9.97 Å². The van der Waals surface area contributed by atoms with Crippen LogP contribution in [0.4, 0.5) is 0 Å². The summed E-state index contributed by atoms with van der Waals surface area (Å²) in [4.78, 5) is 58.5. The Kier molecular flexibility index (Phi) is 4.44. The fourth-order valence-corrected chi connectivity index (χ4v) is 4.86. The van der Waals surface area contributed by atoms with Gasteiger partial charge in [-0.2, -0.15) is 0 Å². The number of hydrogen-bond acceptors (Lipinski definition) is 8. The van der Waals surface area contributed by atoms with Crippen LogP contribution in [0.15, 0.2) is 21.7 Å². The van der Waals surface area contributed by atoms with Gasteiger partial charge in [-0.25, -0.2) is 9.78 Å². The molecule has 3 aromatic rings. The SMILES string of the molecule is COc1cc(OC)c2c(c1Cl)O[C@@]1(C(=O)c3cc4c(=O)[nH]c(=O)n(C)c4nc3C[C@H]1C)C2=O. The minimum atomic E-state index is -1.90. The van der Waals surface area contributed by atoms with Gasteiger partial charge in [0.25, 0.3) is 5.56 Å². The lowest BCUT2D eigenvalue weighted by Gasteiger charge is -2.36. The van der Waals surface area contributed by atoms with E-state index in [9.17, 15) is 19.2 Å². The fourth-order valence-electron chi connectivity index (χ4n) is 4.59. The number of nitrogens with zero attached hydrogens (tertiary/aromatic N) is 2. The third-order valence-corrected chi connectivity index (χ3v) is 6.72. The first-order valence-electron chi connectivity index (χ1n) is 10.0. The van der Waals surface area contributed by atoms with Gasteiger partial charge in [0, 0.05) is 24.6 Å². The van der Waals surface area contributed by atoms with E-state index in [4.69, 9.17) is 25.8 Å². The molecule has 33 heavy (non-hydrogen) atoms. The van der Waals surface area contributed by atoms with Gasteiger partial charge in [-0.1, -0.05) is 18.5 Å². The summed E-state index contributed by atoms with van der Waals surface area (Å²) >= 11 is 6.42. The van der Waals surface area contributed by atoms with Crippen molar-refractivity contribution in [1.29, 1.82) is 0 Å². The van der Waals surface area contributed by atoms with E-state index in [0.29, 0.717) is 5.69 Å². The van der Waals surface area contributed by atoms with Gasteiger partial charge in [0.15, 0.2) is 5.75 Å². The number of H-pyrrole nitrogens is 1. The Bertz CT molecular complexity index is 1520. The average Bonchev–Trinajstić information content (AvgIpc) is 3.11. The lowest BCUT2D eigenvalue weighted by molar-refractivity contribution is 0.0257. The molecule has 0 radical (unpaired) electrons. The van der Waals surface area contributed by atoms with Gasteiger partial charge in [0.05, 0.1) is 25.3 Å². The summed E-state index contributed by atoms with van der Waals surface area (Å²) in [7, 11) is 4.26. The molecule has 0 saturated heterocycles. The highest BCUT2D eigenvalue weighted by Crippen LogP contribution is 2.53. The Labute approximate surface area is 191 Å². The van der Waals surface area contributed by atoms with Gasteiger partial charge < -0.3 is 14.2 Å². The molecule has 10 nitrogen and oxygen atoms in total. The third kappa shape index (κ3) is 2.58. The lowest BCUT2D eigenvalue weighted by atomic mass is 9.71. The van der Waals surface area contributed by atoms with E-state index in [1.165, 1.54) is 38.0 Å². The molecule has 0 saturated carbocycles. The quantitative estimate of drug-likeness (QED) is 0.559. The number of Topliss-reactive ketones (excluding diaryl/α,β-unsaturated/α-hetero) is 2. The van der Waals surface area contributed by atoms with Crippen LogP contribution in [0, 0.1) is 5.92 Å². The van der Waals surface area contributed by atoms with Crippen molar-refractivity contribution in [3.63, 3.8) is 0 Å². The Morgan fingerprint density at radius 3 is 2.52 bits per heavy atom. The minimum Gasteiger partial charge on any atom is -0.496 e. The van der Waals surface area contributed by atoms with Gasteiger partial charge in [-0.05, 0) is 12.5 Å². The van der Waals surface area contributed by atoms with Crippen molar-refractivity contribution in [3.05, 3.63) is 54.8 Å². The molecule has 170 valence electrons. The second-order valence-corrected chi connectivity index (χ2v) is 8.45. The number of nitrogens with one attached hydrogen (secondary N) is 1. The summed E-state index contributed by atoms with van der Waals surface area (Å²) in [6, 6.07) is 2.81. The molecule has 0 fully saturated rings. The molecule has 1 aromatic carbocycles. The predicted octanol–water partition coefficient (Wildman–Crippen LogP) is 1.68. The van der Waals surface area contributed by atoms with Crippen molar-refractivity contribution in [2.45, 2.75) is 18.9 Å². The molecule has 11 heteroatoms. The van der Waals surface area contributed by atoms with Crippen molar-refractivity contribution in [2.24, 2.45) is 13.0 Å². The van der Waals surface area contributed by atoms with Crippen LogP contribution < -0.4 is 25.5 Å². The molecule has 1 aliphatic heterocycles. The lowest BCUT2D eigenvalue weighted by Crippen LogP contribution is -2.56. The Morgan fingerprint density at radius 1 is 1.15 bits per heavy atom. The maximum Gasteiger partial charge on any atom is 0.329 e. The molecule has 1 N–H and O–H groups in total. The van der Waals surface area contributed by atoms with E-state index < -0.39 is 34.3 Å². The standard InChI is InChI=1S/C22H18ClN3O7/c1-8-5-11-9(6-10-19(24-11)26(2)21(30)25-20(10)29)17(27)22(8)18(28)14-12(31-3)7-13(32-4)15(23)16(14)33-22/h6-8H,5H2,1-4H3,(H,25,29,30)/t8-,22+/m1/s1. The first-order chi connectivity index (χ1) is 15.6. The molecular formula is C22H18ClN3O7. The largest absolute Gasteiger partial charge is 0.496 e. The second kappa shape index (κ2) is 6.92. The minimum absolute atomic E-state index is 0.00973. The number of aryl methyl sites for hydroxylation is 1. The van der Waals surface area contributed by atoms with Gasteiger partial charge in [-0.3, -0.25) is 23.9 Å². The number of methoxy groups -OCH3 is 2. The highest BCUT2D eigenvalue weighted by Gasteiger charge is 2.62. The summed E-state index contributed by atoms with van der Waals surface area (Å²) in [5.74, 6) is -1.45. The van der Waals surface area contributed by atoms with Gasteiger partial charge in [0.1, 0.15) is 27.7 Å². The summed E-state index contributed by atoms with van der Waals surface area (Å²) in [6.45, 7) is 1.70. The van der Waals surface area contributed by atoms with Crippen LogP contribution in [0.2, 0.25) is 5.02 Å². The number of halogens is 1. The van der Waals surface area contributed by atoms with Crippen LogP contribution in [0.25, 0.3) is 11.0 Å². The van der Waals surface area contributed by atoms with E-state index in [0.717, 1.165) is 0 Å². The van der Waals surface area contributed by atoms with E-state index >= 15 is 0 Å². The number of aromatic nitrogens is 3. The monoisotopic (exact) mass is 471 g/mol.